The molecule has 5 heteroatoms. The Balaban J connectivity index is 1.87. The molecule has 24 heavy (non-hydrogen) atoms. The van der Waals surface area contributed by atoms with Gasteiger partial charge in [0.15, 0.2) is 0 Å². The Bertz CT molecular complexity index is 740. The second kappa shape index (κ2) is 8.15. The number of carbonyl (C=O) groups is 2. The van der Waals surface area contributed by atoms with E-state index < -0.39 is 5.97 Å². The number of carbonyl (C=O) groups excluding carboxylic acids is 2. The number of rotatable bonds is 6. The number of hydrogen-bond donors (Lipinski definition) is 1. The van der Waals surface area contributed by atoms with Crippen LogP contribution in [0.5, 0.6) is 5.75 Å². The number of esters is 1. The van der Waals surface area contributed by atoms with Gasteiger partial charge in [0.25, 0.3) is 5.91 Å². The summed E-state index contributed by atoms with van der Waals surface area (Å²) < 4.78 is 10.3. The van der Waals surface area contributed by atoms with Gasteiger partial charge in [0, 0.05) is 0 Å². The smallest absolute Gasteiger partial charge is 0.325 e. The number of ether oxygens (including phenoxy) is 2. The van der Waals surface area contributed by atoms with Crippen LogP contribution in [-0.4, -0.2) is 25.5 Å². The second-order valence-corrected chi connectivity index (χ2v) is 5.47. The van der Waals surface area contributed by atoms with Crippen LogP contribution >= 0.6 is 0 Å². The van der Waals surface area contributed by atoms with Crippen LogP contribution < -0.4 is 10.1 Å². The van der Waals surface area contributed by atoms with Gasteiger partial charge < -0.3 is 14.8 Å². The zero-order valence-electron chi connectivity index (χ0n) is 14.1. The fourth-order valence-corrected chi connectivity index (χ4v) is 2.24. The zero-order valence-corrected chi connectivity index (χ0v) is 14.1. The lowest BCUT2D eigenvalue weighted by Gasteiger charge is -2.10. The standard InChI is InChI=1S/C19H21NO4/c1-13-8-9-14(2)15(10-13)12-24-18(21)11-20-19(22)16-6-4-5-7-17(16)23-3/h4-10H,11-12H2,1-3H3,(H,20,22). The first-order valence-corrected chi connectivity index (χ1v) is 7.64. The SMILES string of the molecule is COc1ccccc1C(=O)NCC(=O)OCc1cc(C)ccc1C. The van der Waals surface area contributed by atoms with Gasteiger partial charge in [0.05, 0.1) is 12.7 Å². The molecule has 0 aliphatic carbocycles. The van der Waals surface area contributed by atoms with Crippen molar-refractivity contribution in [3.8, 4) is 5.75 Å². The molecule has 0 spiro atoms. The number of aryl methyl sites for hydroxylation is 2. The maximum absolute atomic E-state index is 12.1. The van der Waals surface area contributed by atoms with Gasteiger partial charge in [-0.3, -0.25) is 9.59 Å². The Labute approximate surface area is 141 Å². The van der Waals surface area contributed by atoms with E-state index in [1.54, 1.807) is 24.3 Å². The first kappa shape index (κ1) is 17.5. The van der Waals surface area contributed by atoms with E-state index in [1.165, 1.54) is 7.11 Å². The molecule has 126 valence electrons. The van der Waals surface area contributed by atoms with E-state index in [2.05, 4.69) is 5.32 Å². The number of nitrogens with one attached hydrogen (secondary N) is 1. The molecular formula is C19H21NO4. The summed E-state index contributed by atoms with van der Waals surface area (Å²) in [6.45, 7) is 3.95. The number of hydrogen-bond acceptors (Lipinski definition) is 4. The Hall–Kier alpha value is -2.82. The molecule has 0 saturated carbocycles. The average molecular weight is 327 g/mol. The van der Waals surface area contributed by atoms with Crippen LogP contribution in [0.1, 0.15) is 27.0 Å². The summed E-state index contributed by atoms with van der Waals surface area (Å²) in [7, 11) is 1.49. The average Bonchev–Trinajstić information content (AvgIpc) is 2.60. The molecule has 0 fully saturated rings. The summed E-state index contributed by atoms with van der Waals surface area (Å²) in [5.41, 5.74) is 3.50. The molecule has 0 atom stereocenters. The fraction of sp³-hybridized carbons (Fsp3) is 0.263. The second-order valence-electron chi connectivity index (χ2n) is 5.47. The van der Waals surface area contributed by atoms with Crippen molar-refractivity contribution in [3.63, 3.8) is 0 Å². The predicted molar refractivity (Wildman–Crippen MR) is 91.0 cm³/mol. The largest absolute Gasteiger partial charge is 0.496 e. The van der Waals surface area contributed by atoms with Gasteiger partial charge in [-0.15, -0.1) is 0 Å². The third-order valence-corrected chi connectivity index (χ3v) is 3.64. The summed E-state index contributed by atoms with van der Waals surface area (Å²) in [6.07, 6.45) is 0. The van der Waals surface area contributed by atoms with Crippen LogP contribution in [0.3, 0.4) is 0 Å². The van der Waals surface area contributed by atoms with E-state index in [9.17, 15) is 9.59 Å². The van der Waals surface area contributed by atoms with E-state index in [-0.39, 0.29) is 19.1 Å². The molecular weight excluding hydrogens is 306 g/mol. The Morgan fingerprint density at radius 1 is 1.08 bits per heavy atom. The van der Waals surface area contributed by atoms with Crippen molar-refractivity contribution in [2.45, 2.75) is 20.5 Å². The number of para-hydroxylation sites is 1. The highest BCUT2D eigenvalue weighted by atomic mass is 16.5. The summed E-state index contributed by atoms with van der Waals surface area (Å²) in [5.74, 6) is -0.408. The van der Waals surface area contributed by atoms with Crippen LogP contribution in [0, 0.1) is 13.8 Å². The fourth-order valence-electron chi connectivity index (χ4n) is 2.24. The topological polar surface area (TPSA) is 64.6 Å². The van der Waals surface area contributed by atoms with E-state index in [4.69, 9.17) is 9.47 Å². The number of amides is 1. The molecule has 1 N–H and O–H groups in total. The highest BCUT2D eigenvalue weighted by Gasteiger charge is 2.13. The van der Waals surface area contributed by atoms with E-state index in [1.807, 2.05) is 32.0 Å². The molecule has 2 aromatic rings. The van der Waals surface area contributed by atoms with Gasteiger partial charge in [0.2, 0.25) is 0 Å². The van der Waals surface area contributed by atoms with Crippen molar-refractivity contribution < 1.29 is 19.1 Å². The normalized spacial score (nSPS) is 10.1. The molecule has 0 saturated heterocycles. The van der Waals surface area contributed by atoms with Gasteiger partial charge in [-0.05, 0) is 37.1 Å². The van der Waals surface area contributed by atoms with Crippen LogP contribution in [0.25, 0.3) is 0 Å². The number of methoxy groups -OCH3 is 1. The van der Waals surface area contributed by atoms with Crippen LogP contribution in [0.2, 0.25) is 0 Å². The van der Waals surface area contributed by atoms with Gasteiger partial charge in [-0.2, -0.15) is 0 Å². The maximum atomic E-state index is 12.1. The molecule has 0 radical (unpaired) electrons. The van der Waals surface area contributed by atoms with Crippen molar-refractivity contribution in [1.82, 2.24) is 5.32 Å². The van der Waals surface area contributed by atoms with Crippen molar-refractivity contribution in [2.24, 2.45) is 0 Å². The van der Waals surface area contributed by atoms with Crippen molar-refractivity contribution >= 4 is 11.9 Å². The third-order valence-electron chi connectivity index (χ3n) is 3.64. The molecule has 1 amide bonds. The Morgan fingerprint density at radius 3 is 2.58 bits per heavy atom. The van der Waals surface area contributed by atoms with E-state index in [0.29, 0.717) is 11.3 Å². The van der Waals surface area contributed by atoms with Crippen molar-refractivity contribution in [1.29, 1.82) is 0 Å². The number of benzene rings is 2. The lowest BCUT2D eigenvalue weighted by atomic mass is 10.1. The maximum Gasteiger partial charge on any atom is 0.325 e. The van der Waals surface area contributed by atoms with Crippen molar-refractivity contribution in [3.05, 3.63) is 64.7 Å². The molecule has 0 bridgehead atoms. The Kier molecular flexibility index (Phi) is 5.95. The lowest BCUT2D eigenvalue weighted by molar-refractivity contribution is -0.143. The molecule has 0 aliphatic heterocycles. The molecule has 5 nitrogen and oxygen atoms in total. The summed E-state index contributed by atoms with van der Waals surface area (Å²) in [5, 5.41) is 2.54. The lowest BCUT2D eigenvalue weighted by Crippen LogP contribution is -2.30. The van der Waals surface area contributed by atoms with Gasteiger partial charge >= 0.3 is 5.97 Å². The van der Waals surface area contributed by atoms with E-state index in [0.717, 1.165) is 16.7 Å². The molecule has 0 aromatic heterocycles. The van der Waals surface area contributed by atoms with Gasteiger partial charge in [-0.1, -0.05) is 35.9 Å². The summed E-state index contributed by atoms with van der Waals surface area (Å²) in [4.78, 5) is 23.9. The first-order chi connectivity index (χ1) is 11.5. The van der Waals surface area contributed by atoms with Crippen LogP contribution in [-0.2, 0) is 16.1 Å². The minimum atomic E-state index is -0.487. The van der Waals surface area contributed by atoms with Crippen LogP contribution in [0.4, 0.5) is 0 Å². The minimum absolute atomic E-state index is 0.191. The van der Waals surface area contributed by atoms with Crippen LogP contribution in [0.15, 0.2) is 42.5 Å². The molecule has 0 unspecified atom stereocenters. The summed E-state index contributed by atoms with van der Waals surface area (Å²) in [6, 6.07) is 12.8. The van der Waals surface area contributed by atoms with Crippen molar-refractivity contribution in [2.75, 3.05) is 13.7 Å². The van der Waals surface area contributed by atoms with Gasteiger partial charge in [0.1, 0.15) is 18.9 Å². The predicted octanol–water partition coefficient (Wildman–Crippen LogP) is 2.79. The highest BCUT2D eigenvalue weighted by Crippen LogP contribution is 2.16. The zero-order chi connectivity index (χ0) is 17.5. The van der Waals surface area contributed by atoms with E-state index >= 15 is 0 Å². The molecule has 0 heterocycles. The molecule has 2 rings (SSSR count). The van der Waals surface area contributed by atoms with Gasteiger partial charge in [-0.25, -0.2) is 0 Å². The third kappa shape index (κ3) is 4.59. The molecule has 0 aliphatic rings. The first-order valence-electron chi connectivity index (χ1n) is 7.64. The summed E-state index contributed by atoms with van der Waals surface area (Å²) >= 11 is 0. The molecule has 2 aromatic carbocycles. The Morgan fingerprint density at radius 2 is 1.83 bits per heavy atom. The minimum Gasteiger partial charge on any atom is -0.496 e. The monoisotopic (exact) mass is 327 g/mol. The highest BCUT2D eigenvalue weighted by molar-refractivity contribution is 5.98. The quantitative estimate of drug-likeness (QED) is 0.829.